The van der Waals surface area contributed by atoms with Crippen molar-refractivity contribution in [2.75, 3.05) is 13.2 Å². The smallest absolute Gasteiger partial charge is 0.463 e. The van der Waals surface area contributed by atoms with E-state index >= 15 is 0 Å². The number of rotatable bonds is 8. The van der Waals surface area contributed by atoms with Gasteiger partial charge in [-0.15, -0.1) is 0 Å². The van der Waals surface area contributed by atoms with Crippen molar-refractivity contribution in [3.05, 3.63) is 11.6 Å². The summed E-state index contributed by atoms with van der Waals surface area (Å²) in [5, 5.41) is 0. The van der Waals surface area contributed by atoms with Crippen LogP contribution in [-0.2, 0) is 19.0 Å². The maximum absolute atomic E-state index is 11.6. The van der Waals surface area contributed by atoms with Crippen molar-refractivity contribution in [1.82, 2.24) is 0 Å². The van der Waals surface area contributed by atoms with E-state index in [-0.39, 0.29) is 12.7 Å². The highest BCUT2D eigenvalue weighted by Gasteiger charge is 2.14. The molecule has 110 valence electrons. The molecule has 0 bridgehead atoms. The van der Waals surface area contributed by atoms with Crippen molar-refractivity contribution in [2.24, 2.45) is 0 Å². The van der Waals surface area contributed by atoms with Gasteiger partial charge in [0.15, 0.2) is 0 Å². The van der Waals surface area contributed by atoms with Gasteiger partial charge in [-0.25, -0.2) is 9.59 Å². The molecule has 5 heteroatoms. The van der Waals surface area contributed by atoms with Gasteiger partial charge in [0.2, 0.25) is 0 Å². The van der Waals surface area contributed by atoms with E-state index < -0.39 is 12.1 Å². The molecule has 0 atom stereocenters. The van der Waals surface area contributed by atoms with Gasteiger partial charge in [-0.1, -0.05) is 25.8 Å². The van der Waals surface area contributed by atoms with Crippen molar-refractivity contribution in [3.8, 4) is 0 Å². The first kappa shape index (κ1) is 17.5. The van der Waals surface area contributed by atoms with Crippen molar-refractivity contribution in [1.29, 1.82) is 0 Å². The highest BCUT2D eigenvalue weighted by atomic mass is 16.7. The SMILES string of the molecule is CCCCC=C(COC(=O)OC(C)C)C(=O)OCC. The Morgan fingerprint density at radius 1 is 1.16 bits per heavy atom. The Morgan fingerprint density at radius 2 is 1.84 bits per heavy atom. The summed E-state index contributed by atoms with van der Waals surface area (Å²) in [7, 11) is 0. The Labute approximate surface area is 114 Å². The second-order valence-corrected chi connectivity index (χ2v) is 4.30. The van der Waals surface area contributed by atoms with Crippen LogP contribution < -0.4 is 0 Å². The van der Waals surface area contributed by atoms with Gasteiger partial charge < -0.3 is 14.2 Å². The maximum Gasteiger partial charge on any atom is 0.508 e. The highest BCUT2D eigenvalue weighted by Crippen LogP contribution is 2.06. The minimum atomic E-state index is -0.777. The molecule has 0 spiro atoms. The van der Waals surface area contributed by atoms with E-state index in [2.05, 4.69) is 6.92 Å². The van der Waals surface area contributed by atoms with E-state index in [9.17, 15) is 9.59 Å². The first-order chi connectivity index (χ1) is 9.01. The van der Waals surface area contributed by atoms with E-state index in [1.807, 2.05) is 0 Å². The van der Waals surface area contributed by atoms with Crippen molar-refractivity contribution < 1.29 is 23.8 Å². The van der Waals surface area contributed by atoms with Crippen LogP contribution in [0.4, 0.5) is 4.79 Å². The Bertz CT molecular complexity index is 307. The van der Waals surface area contributed by atoms with E-state index in [0.29, 0.717) is 12.2 Å². The molecule has 0 rings (SSSR count). The summed E-state index contributed by atoms with van der Waals surface area (Å²) in [5.74, 6) is -0.448. The molecule has 0 N–H and O–H groups in total. The second kappa shape index (κ2) is 10.4. The largest absolute Gasteiger partial charge is 0.508 e. The molecule has 0 aromatic heterocycles. The molecule has 0 saturated heterocycles. The summed E-state index contributed by atoms with van der Waals surface area (Å²) < 4.78 is 14.6. The molecule has 0 aliphatic heterocycles. The Hall–Kier alpha value is -1.52. The molecule has 5 nitrogen and oxygen atoms in total. The molecular formula is C14H24O5. The number of hydrogen-bond acceptors (Lipinski definition) is 5. The van der Waals surface area contributed by atoms with E-state index in [0.717, 1.165) is 19.3 Å². The molecule has 0 aromatic rings. The molecule has 0 radical (unpaired) electrons. The lowest BCUT2D eigenvalue weighted by molar-refractivity contribution is -0.139. The fourth-order valence-electron chi connectivity index (χ4n) is 1.27. The molecule has 0 unspecified atom stereocenters. The lowest BCUT2D eigenvalue weighted by Gasteiger charge is -2.10. The van der Waals surface area contributed by atoms with Crippen LogP contribution in [0.5, 0.6) is 0 Å². The van der Waals surface area contributed by atoms with Gasteiger partial charge in [-0.05, 0) is 27.2 Å². The van der Waals surface area contributed by atoms with E-state index in [1.165, 1.54) is 0 Å². The van der Waals surface area contributed by atoms with Gasteiger partial charge in [0, 0.05) is 0 Å². The molecule has 0 aliphatic rings. The molecule has 0 aliphatic carbocycles. The molecule has 0 heterocycles. The average molecular weight is 272 g/mol. The van der Waals surface area contributed by atoms with Gasteiger partial charge in [-0.3, -0.25) is 0 Å². The summed E-state index contributed by atoms with van der Waals surface area (Å²) in [4.78, 5) is 22.9. The quantitative estimate of drug-likeness (QED) is 0.385. The Morgan fingerprint density at radius 3 is 2.37 bits per heavy atom. The van der Waals surface area contributed by atoms with Gasteiger partial charge in [0.05, 0.1) is 18.3 Å². The zero-order valence-corrected chi connectivity index (χ0v) is 12.2. The van der Waals surface area contributed by atoms with Gasteiger partial charge in [0.25, 0.3) is 0 Å². The molecule has 0 saturated carbocycles. The van der Waals surface area contributed by atoms with Crippen LogP contribution in [0.2, 0.25) is 0 Å². The predicted octanol–water partition coefficient (Wildman–Crippen LogP) is 3.23. The highest BCUT2D eigenvalue weighted by molar-refractivity contribution is 5.89. The molecule has 19 heavy (non-hydrogen) atoms. The normalized spacial score (nSPS) is 11.3. The first-order valence-electron chi connectivity index (χ1n) is 6.70. The maximum atomic E-state index is 11.6. The number of unbranched alkanes of at least 4 members (excludes halogenated alkanes) is 2. The fourth-order valence-corrected chi connectivity index (χ4v) is 1.27. The fraction of sp³-hybridized carbons (Fsp3) is 0.714. The zero-order chi connectivity index (χ0) is 14.7. The number of esters is 1. The number of ether oxygens (including phenoxy) is 3. The van der Waals surface area contributed by atoms with Crippen molar-refractivity contribution in [2.45, 2.75) is 53.1 Å². The second-order valence-electron chi connectivity index (χ2n) is 4.30. The summed E-state index contributed by atoms with van der Waals surface area (Å²) in [6.07, 6.45) is 3.49. The minimum Gasteiger partial charge on any atom is -0.463 e. The molecule has 0 amide bonds. The van der Waals surface area contributed by atoms with Gasteiger partial charge in [-0.2, -0.15) is 0 Å². The third-order valence-corrected chi connectivity index (χ3v) is 2.16. The van der Waals surface area contributed by atoms with Crippen molar-refractivity contribution >= 4 is 12.1 Å². The van der Waals surface area contributed by atoms with Crippen molar-refractivity contribution in [3.63, 3.8) is 0 Å². The predicted molar refractivity (Wildman–Crippen MR) is 71.8 cm³/mol. The van der Waals surface area contributed by atoms with Crippen LogP contribution in [0.3, 0.4) is 0 Å². The van der Waals surface area contributed by atoms with Gasteiger partial charge in [0.1, 0.15) is 6.61 Å². The standard InChI is InChI=1S/C14H24O5/c1-5-7-8-9-12(13(15)17-6-2)10-18-14(16)19-11(3)4/h9,11H,5-8,10H2,1-4H3. The Balaban J connectivity index is 4.37. The number of carbonyl (C=O) groups excluding carboxylic acids is 2. The minimum absolute atomic E-state index is 0.117. The third kappa shape index (κ3) is 9.11. The molecule has 0 fully saturated rings. The first-order valence-corrected chi connectivity index (χ1v) is 6.70. The van der Waals surface area contributed by atoms with Crippen LogP contribution in [0.1, 0.15) is 47.0 Å². The van der Waals surface area contributed by atoms with Crippen LogP contribution in [0.15, 0.2) is 11.6 Å². The number of carbonyl (C=O) groups is 2. The summed E-state index contributed by atoms with van der Waals surface area (Å²) in [5.41, 5.74) is 0.357. The van der Waals surface area contributed by atoms with E-state index in [4.69, 9.17) is 14.2 Å². The van der Waals surface area contributed by atoms with Crippen LogP contribution in [-0.4, -0.2) is 31.4 Å². The van der Waals surface area contributed by atoms with Crippen LogP contribution in [0, 0.1) is 0 Å². The Kier molecular flexibility index (Phi) is 9.57. The average Bonchev–Trinajstić information content (AvgIpc) is 2.32. The summed E-state index contributed by atoms with van der Waals surface area (Å²) in [6, 6.07) is 0. The lowest BCUT2D eigenvalue weighted by Crippen LogP contribution is -2.18. The molecular weight excluding hydrogens is 248 g/mol. The van der Waals surface area contributed by atoms with Crippen LogP contribution >= 0.6 is 0 Å². The van der Waals surface area contributed by atoms with Crippen LogP contribution in [0.25, 0.3) is 0 Å². The van der Waals surface area contributed by atoms with E-state index in [1.54, 1.807) is 26.8 Å². The summed E-state index contributed by atoms with van der Waals surface area (Å²) in [6.45, 7) is 7.42. The van der Waals surface area contributed by atoms with Gasteiger partial charge >= 0.3 is 12.1 Å². The third-order valence-electron chi connectivity index (χ3n) is 2.16. The number of hydrogen-bond donors (Lipinski definition) is 0. The number of allylic oxidation sites excluding steroid dienone is 1. The monoisotopic (exact) mass is 272 g/mol. The summed E-state index contributed by atoms with van der Waals surface area (Å²) >= 11 is 0. The zero-order valence-electron chi connectivity index (χ0n) is 12.2. The molecule has 0 aromatic carbocycles. The lowest BCUT2D eigenvalue weighted by atomic mass is 10.2. The topological polar surface area (TPSA) is 61.8 Å².